The Bertz CT molecular complexity index is 169. The summed E-state index contributed by atoms with van der Waals surface area (Å²) in [5, 5.41) is 0. The van der Waals surface area contributed by atoms with Crippen LogP contribution in [0, 0.1) is 0 Å². The lowest BCUT2D eigenvalue weighted by atomic mass is 10.1. The van der Waals surface area contributed by atoms with Crippen molar-refractivity contribution in [3.63, 3.8) is 0 Å². The predicted molar refractivity (Wildman–Crippen MR) is 58.0 cm³/mol. The van der Waals surface area contributed by atoms with Gasteiger partial charge in [-0.25, -0.2) is 0 Å². The zero-order valence-electron chi connectivity index (χ0n) is 9.96. The Morgan fingerprint density at radius 2 is 1.77 bits per heavy atom. The van der Waals surface area contributed by atoms with Gasteiger partial charge in [0.15, 0.2) is 0 Å². The molecule has 1 rings (SSSR count). The fourth-order valence-electron chi connectivity index (χ4n) is 2.31. The van der Waals surface area contributed by atoms with Crippen LogP contribution in [0.15, 0.2) is 0 Å². The highest BCUT2D eigenvalue weighted by molar-refractivity contribution is 4.92. The molecule has 78 valence electrons. The van der Waals surface area contributed by atoms with Crippen LogP contribution in [-0.4, -0.2) is 48.1 Å². The van der Waals surface area contributed by atoms with Crippen molar-refractivity contribution in [1.29, 1.82) is 0 Å². The van der Waals surface area contributed by atoms with E-state index in [4.69, 9.17) is 0 Å². The monoisotopic (exact) mass is 184 g/mol. The van der Waals surface area contributed by atoms with Gasteiger partial charge in [0.05, 0.1) is 0 Å². The number of likely N-dealkylation sites (N-methyl/N-ethyl adjacent to an activating group) is 1. The number of nitrogens with zero attached hydrogens (tertiary/aromatic N) is 2. The molecule has 1 aliphatic rings. The topological polar surface area (TPSA) is 6.48 Å². The van der Waals surface area contributed by atoms with Crippen LogP contribution in [0.2, 0.25) is 0 Å². The van der Waals surface area contributed by atoms with E-state index in [9.17, 15) is 0 Å². The van der Waals surface area contributed by atoms with Crippen molar-refractivity contribution in [2.45, 2.75) is 51.7 Å². The van der Waals surface area contributed by atoms with Gasteiger partial charge in [-0.2, -0.15) is 0 Å². The largest absolute Gasteiger partial charge is 0.305 e. The zero-order valence-corrected chi connectivity index (χ0v) is 9.96. The van der Waals surface area contributed by atoms with Crippen LogP contribution in [0.1, 0.15) is 34.1 Å². The Kier molecular flexibility index (Phi) is 3.03. The highest BCUT2D eigenvalue weighted by Crippen LogP contribution is 2.27. The van der Waals surface area contributed by atoms with Gasteiger partial charge in [-0.05, 0) is 48.2 Å². The first-order valence-corrected chi connectivity index (χ1v) is 5.25. The second-order valence-corrected chi connectivity index (χ2v) is 5.53. The summed E-state index contributed by atoms with van der Waals surface area (Å²) in [6.07, 6.45) is 1.31. The third-order valence-electron chi connectivity index (χ3n) is 3.14. The summed E-state index contributed by atoms with van der Waals surface area (Å²) < 4.78 is 0. The van der Waals surface area contributed by atoms with E-state index in [1.807, 2.05) is 0 Å². The summed E-state index contributed by atoms with van der Waals surface area (Å²) in [5.74, 6) is 0. The molecule has 0 unspecified atom stereocenters. The first-order chi connectivity index (χ1) is 5.82. The highest BCUT2D eigenvalue weighted by Gasteiger charge is 2.36. The van der Waals surface area contributed by atoms with Crippen molar-refractivity contribution < 1.29 is 0 Å². The molecule has 2 atom stereocenters. The Balaban J connectivity index is 2.62. The van der Waals surface area contributed by atoms with E-state index in [1.54, 1.807) is 0 Å². The maximum atomic E-state index is 2.61. The fourth-order valence-corrected chi connectivity index (χ4v) is 2.31. The molecule has 0 aromatic rings. The molecule has 0 aliphatic carbocycles. The van der Waals surface area contributed by atoms with E-state index in [0.717, 1.165) is 12.1 Å². The third kappa shape index (κ3) is 2.44. The van der Waals surface area contributed by atoms with Gasteiger partial charge in [-0.3, -0.25) is 4.90 Å². The van der Waals surface area contributed by atoms with Gasteiger partial charge in [-0.1, -0.05) is 0 Å². The van der Waals surface area contributed by atoms with Gasteiger partial charge in [0, 0.05) is 24.2 Å². The van der Waals surface area contributed by atoms with Gasteiger partial charge in [0.25, 0.3) is 0 Å². The van der Waals surface area contributed by atoms with Crippen LogP contribution in [0.25, 0.3) is 0 Å². The van der Waals surface area contributed by atoms with Crippen LogP contribution < -0.4 is 0 Å². The quantitative estimate of drug-likeness (QED) is 0.613. The molecule has 1 saturated heterocycles. The summed E-state index contributed by atoms with van der Waals surface area (Å²) in [4.78, 5) is 4.96. The van der Waals surface area contributed by atoms with Gasteiger partial charge >= 0.3 is 0 Å². The van der Waals surface area contributed by atoms with Crippen molar-refractivity contribution in [2.75, 3.05) is 20.6 Å². The van der Waals surface area contributed by atoms with E-state index in [2.05, 4.69) is 51.6 Å². The average molecular weight is 184 g/mol. The van der Waals surface area contributed by atoms with Gasteiger partial charge < -0.3 is 4.90 Å². The van der Waals surface area contributed by atoms with Crippen LogP contribution in [-0.2, 0) is 0 Å². The summed E-state index contributed by atoms with van der Waals surface area (Å²) >= 11 is 0. The highest BCUT2D eigenvalue weighted by atomic mass is 15.3. The Morgan fingerprint density at radius 1 is 1.23 bits per heavy atom. The van der Waals surface area contributed by atoms with Gasteiger partial charge in [-0.15, -0.1) is 0 Å². The lowest BCUT2D eigenvalue weighted by Crippen LogP contribution is -2.44. The summed E-state index contributed by atoms with van der Waals surface area (Å²) in [6.45, 7) is 10.5. The minimum atomic E-state index is 0.324. The summed E-state index contributed by atoms with van der Waals surface area (Å²) in [5.41, 5.74) is 0.324. The lowest BCUT2D eigenvalue weighted by molar-refractivity contribution is 0.123. The van der Waals surface area contributed by atoms with E-state index in [0.29, 0.717) is 5.54 Å². The van der Waals surface area contributed by atoms with E-state index < -0.39 is 0 Å². The first-order valence-electron chi connectivity index (χ1n) is 5.25. The molecule has 0 saturated carbocycles. The molecule has 0 bridgehead atoms. The second kappa shape index (κ2) is 3.58. The van der Waals surface area contributed by atoms with E-state index in [1.165, 1.54) is 13.0 Å². The van der Waals surface area contributed by atoms with E-state index >= 15 is 0 Å². The normalized spacial score (nSPS) is 31.6. The number of rotatable bonds is 1. The molecule has 1 fully saturated rings. The molecule has 0 aromatic heterocycles. The van der Waals surface area contributed by atoms with Gasteiger partial charge in [0.2, 0.25) is 0 Å². The molecule has 0 radical (unpaired) electrons. The number of hydrogen-bond donors (Lipinski definition) is 0. The number of hydrogen-bond acceptors (Lipinski definition) is 2. The maximum absolute atomic E-state index is 2.61. The van der Waals surface area contributed by atoms with Crippen LogP contribution in [0.5, 0.6) is 0 Å². The molecule has 2 nitrogen and oxygen atoms in total. The Morgan fingerprint density at radius 3 is 2.00 bits per heavy atom. The van der Waals surface area contributed by atoms with Crippen LogP contribution in [0.4, 0.5) is 0 Å². The van der Waals surface area contributed by atoms with Crippen molar-refractivity contribution in [3.8, 4) is 0 Å². The van der Waals surface area contributed by atoms with Crippen LogP contribution >= 0.6 is 0 Å². The van der Waals surface area contributed by atoms with Gasteiger partial charge in [0.1, 0.15) is 0 Å². The summed E-state index contributed by atoms with van der Waals surface area (Å²) in [6, 6.07) is 1.47. The minimum Gasteiger partial charge on any atom is -0.305 e. The third-order valence-corrected chi connectivity index (χ3v) is 3.14. The molecule has 1 heterocycles. The van der Waals surface area contributed by atoms with Crippen molar-refractivity contribution in [2.24, 2.45) is 0 Å². The Labute approximate surface area is 82.9 Å². The zero-order chi connectivity index (χ0) is 10.2. The molecular weight excluding hydrogens is 160 g/mol. The average Bonchev–Trinajstić information content (AvgIpc) is 2.29. The van der Waals surface area contributed by atoms with Crippen molar-refractivity contribution >= 4 is 0 Å². The van der Waals surface area contributed by atoms with Crippen molar-refractivity contribution in [1.82, 2.24) is 9.80 Å². The molecular formula is C11H24N2. The first kappa shape index (κ1) is 11.0. The van der Waals surface area contributed by atoms with E-state index in [-0.39, 0.29) is 0 Å². The molecule has 2 heteroatoms. The Hall–Kier alpha value is -0.0800. The second-order valence-electron chi connectivity index (χ2n) is 5.53. The molecule has 0 amide bonds. The fraction of sp³-hybridized carbons (Fsp3) is 1.00. The maximum Gasteiger partial charge on any atom is 0.0232 e. The molecule has 13 heavy (non-hydrogen) atoms. The smallest absolute Gasteiger partial charge is 0.0232 e. The molecule has 0 spiro atoms. The minimum absolute atomic E-state index is 0.324. The molecule has 1 aliphatic heterocycles. The molecule has 0 aromatic carbocycles. The number of likely N-dealkylation sites (tertiary alicyclic amines) is 1. The lowest BCUT2D eigenvalue weighted by Gasteiger charge is -2.35. The molecule has 0 N–H and O–H groups in total. The van der Waals surface area contributed by atoms with Crippen molar-refractivity contribution in [3.05, 3.63) is 0 Å². The predicted octanol–water partition coefficient (Wildman–Crippen LogP) is 1.81. The standard InChI is InChI=1S/C11H24N2/c1-9-7-10(12(5)6)8-13(9)11(2,3)4/h9-10H,7-8H2,1-6H3/t9-,10-/m1/s1. The summed E-state index contributed by atoms with van der Waals surface area (Å²) in [7, 11) is 4.37. The van der Waals surface area contributed by atoms with Crippen LogP contribution in [0.3, 0.4) is 0 Å². The SMILES string of the molecule is C[C@@H]1C[C@@H](N(C)C)CN1C(C)(C)C.